The molecular weight excluding hydrogens is 256 g/mol. The maximum atomic E-state index is 11.9. The summed E-state index contributed by atoms with van der Waals surface area (Å²) in [5, 5.41) is 3.30. The van der Waals surface area contributed by atoms with E-state index in [4.69, 9.17) is 15.2 Å². The lowest BCUT2D eigenvalue weighted by Gasteiger charge is -2.39. The van der Waals surface area contributed by atoms with Crippen LogP contribution in [0.15, 0.2) is 24.3 Å². The van der Waals surface area contributed by atoms with Gasteiger partial charge in [-0.1, -0.05) is 6.92 Å². The summed E-state index contributed by atoms with van der Waals surface area (Å²) in [5.74, 6) is 0.456. The van der Waals surface area contributed by atoms with Gasteiger partial charge in [-0.3, -0.25) is 4.79 Å². The molecule has 0 aliphatic carbocycles. The van der Waals surface area contributed by atoms with Gasteiger partial charge in [-0.15, -0.1) is 0 Å². The quantitative estimate of drug-likeness (QED) is 0.863. The molecule has 5 nitrogen and oxygen atoms in total. The summed E-state index contributed by atoms with van der Waals surface area (Å²) in [6.45, 7) is 2.60. The fourth-order valence-electron chi connectivity index (χ4n) is 2.56. The number of rotatable bonds is 5. The fourth-order valence-corrected chi connectivity index (χ4v) is 2.56. The Morgan fingerprint density at radius 2 is 2.20 bits per heavy atom. The van der Waals surface area contributed by atoms with Crippen LogP contribution in [0.4, 0.5) is 5.69 Å². The third-order valence-electron chi connectivity index (χ3n) is 3.86. The highest BCUT2D eigenvalue weighted by Gasteiger charge is 2.41. The average molecular weight is 278 g/mol. The van der Waals surface area contributed by atoms with Gasteiger partial charge in [-0.25, -0.2) is 0 Å². The van der Waals surface area contributed by atoms with Crippen molar-refractivity contribution in [3.63, 3.8) is 0 Å². The number of amides is 1. The SMILES string of the molecule is CCC1CC(Nc2ccc(OC)cc2)(C(N)=O)CCO1. The highest BCUT2D eigenvalue weighted by molar-refractivity contribution is 5.88. The average Bonchev–Trinajstić information content (AvgIpc) is 2.48. The van der Waals surface area contributed by atoms with E-state index in [1.807, 2.05) is 24.3 Å². The molecule has 20 heavy (non-hydrogen) atoms. The van der Waals surface area contributed by atoms with Gasteiger partial charge in [0.25, 0.3) is 0 Å². The van der Waals surface area contributed by atoms with Crippen LogP contribution >= 0.6 is 0 Å². The Bertz CT molecular complexity index is 461. The molecule has 0 radical (unpaired) electrons. The van der Waals surface area contributed by atoms with Crippen LogP contribution in [0.25, 0.3) is 0 Å². The number of carbonyl (C=O) groups is 1. The number of primary amides is 1. The molecule has 1 fully saturated rings. The highest BCUT2D eigenvalue weighted by atomic mass is 16.5. The number of hydrogen-bond donors (Lipinski definition) is 2. The molecule has 3 N–H and O–H groups in total. The van der Waals surface area contributed by atoms with Gasteiger partial charge in [-0.2, -0.15) is 0 Å². The second-order valence-corrected chi connectivity index (χ2v) is 5.16. The lowest BCUT2D eigenvalue weighted by atomic mass is 9.84. The third kappa shape index (κ3) is 3.04. The van der Waals surface area contributed by atoms with Crippen molar-refractivity contribution in [2.45, 2.75) is 37.8 Å². The van der Waals surface area contributed by atoms with Crippen molar-refractivity contribution in [3.05, 3.63) is 24.3 Å². The molecule has 2 atom stereocenters. The molecule has 1 aliphatic heterocycles. The molecule has 2 unspecified atom stereocenters. The van der Waals surface area contributed by atoms with Crippen LogP contribution in [0.1, 0.15) is 26.2 Å². The van der Waals surface area contributed by atoms with E-state index in [2.05, 4.69) is 12.2 Å². The predicted octanol–water partition coefficient (Wildman–Crippen LogP) is 1.92. The number of carbonyl (C=O) groups excluding carboxylic acids is 1. The Kier molecular flexibility index (Phi) is 4.49. The van der Waals surface area contributed by atoms with Gasteiger partial charge in [0.15, 0.2) is 0 Å². The number of methoxy groups -OCH3 is 1. The summed E-state index contributed by atoms with van der Waals surface area (Å²) in [6, 6.07) is 7.49. The largest absolute Gasteiger partial charge is 0.497 e. The van der Waals surface area contributed by atoms with Gasteiger partial charge in [0.2, 0.25) is 5.91 Å². The zero-order valence-electron chi connectivity index (χ0n) is 12.0. The highest BCUT2D eigenvalue weighted by Crippen LogP contribution is 2.30. The van der Waals surface area contributed by atoms with Crippen LogP contribution in [0, 0.1) is 0 Å². The predicted molar refractivity (Wildman–Crippen MR) is 77.8 cm³/mol. The summed E-state index contributed by atoms with van der Waals surface area (Å²) >= 11 is 0. The van der Waals surface area contributed by atoms with Crippen LogP contribution in [-0.2, 0) is 9.53 Å². The van der Waals surface area contributed by atoms with E-state index in [0.717, 1.165) is 17.9 Å². The van der Waals surface area contributed by atoms with E-state index >= 15 is 0 Å². The maximum absolute atomic E-state index is 11.9. The number of ether oxygens (including phenoxy) is 2. The smallest absolute Gasteiger partial charge is 0.243 e. The number of hydrogen-bond acceptors (Lipinski definition) is 4. The lowest BCUT2D eigenvalue weighted by molar-refractivity contribution is -0.127. The third-order valence-corrected chi connectivity index (χ3v) is 3.86. The number of nitrogens with one attached hydrogen (secondary N) is 1. The van der Waals surface area contributed by atoms with Crippen molar-refractivity contribution in [2.24, 2.45) is 5.73 Å². The van der Waals surface area contributed by atoms with Gasteiger partial charge in [0.05, 0.1) is 13.2 Å². The first-order valence-electron chi connectivity index (χ1n) is 6.93. The number of nitrogens with two attached hydrogens (primary N) is 1. The summed E-state index contributed by atoms with van der Waals surface area (Å²) in [7, 11) is 1.62. The van der Waals surface area contributed by atoms with Crippen molar-refractivity contribution in [2.75, 3.05) is 19.0 Å². The first kappa shape index (κ1) is 14.7. The van der Waals surface area contributed by atoms with E-state index in [-0.39, 0.29) is 12.0 Å². The van der Waals surface area contributed by atoms with E-state index < -0.39 is 5.54 Å². The minimum absolute atomic E-state index is 0.0713. The first-order valence-corrected chi connectivity index (χ1v) is 6.93. The summed E-state index contributed by atoms with van der Waals surface area (Å²) in [4.78, 5) is 11.9. The molecule has 2 rings (SSSR count). The topological polar surface area (TPSA) is 73.6 Å². The zero-order valence-corrected chi connectivity index (χ0v) is 12.0. The van der Waals surface area contributed by atoms with Crippen LogP contribution < -0.4 is 15.8 Å². The lowest BCUT2D eigenvalue weighted by Crippen LogP contribution is -2.55. The monoisotopic (exact) mass is 278 g/mol. The summed E-state index contributed by atoms with van der Waals surface area (Å²) in [5.41, 5.74) is 5.78. The van der Waals surface area contributed by atoms with Crippen molar-refractivity contribution >= 4 is 11.6 Å². The molecule has 1 aromatic carbocycles. The molecular formula is C15H22N2O3. The van der Waals surface area contributed by atoms with Crippen molar-refractivity contribution < 1.29 is 14.3 Å². The van der Waals surface area contributed by atoms with E-state index in [1.165, 1.54) is 0 Å². The Labute approximate surface area is 119 Å². The molecule has 0 bridgehead atoms. The van der Waals surface area contributed by atoms with Crippen LogP contribution in [0.3, 0.4) is 0 Å². The normalized spacial score (nSPS) is 26.0. The Balaban J connectivity index is 2.17. The molecule has 110 valence electrons. The van der Waals surface area contributed by atoms with Crippen LogP contribution in [0.2, 0.25) is 0 Å². The minimum atomic E-state index is -0.729. The van der Waals surface area contributed by atoms with E-state index in [1.54, 1.807) is 7.11 Å². The molecule has 0 aromatic heterocycles. The molecule has 0 saturated carbocycles. The van der Waals surface area contributed by atoms with Gasteiger partial charge in [-0.05, 0) is 30.7 Å². The van der Waals surface area contributed by atoms with Crippen molar-refractivity contribution in [3.8, 4) is 5.75 Å². The summed E-state index contributed by atoms with van der Waals surface area (Å²) < 4.78 is 10.8. The van der Waals surface area contributed by atoms with Gasteiger partial charge in [0, 0.05) is 25.1 Å². The zero-order chi connectivity index (χ0) is 14.6. The van der Waals surface area contributed by atoms with Crippen LogP contribution in [-0.4, -0.2) is 31.3 Å². The fraction of sp³-hybridized carbons (Fsp3) is 0.533. The van der Waals surface area contributed by atoms with Gasteiger partial charge >= 0.3 is 0 Å². The molecule has 1 aromatic rings. The molecule has 1 aliphatic rings. The Morgan fingerprint density at radius 1 is 1.50 bits per heavy atom. The minimum Gasteiger partial charge on any atom is -0.497 e. The Morgan fingerprint density at radius 3 is 2.75 bits per heavy atom. The van der Waals surface area contributed by atoms with E-state index in [0.29, 0.717) is 19.4 Å². The molecule has 1 amide bonds. The van der Waals surface area contributed by atoms with Gasteiger partial charge < -0.3 is 20.5 Å². The van der Waals surface area contributed by atoms with E-state index in [9.17, 15) is 4.79 Å². The summed E-state index contributed by atoms with van der Waals surface area (Å²) in [6.07, 6.45) is 2.14. The number of benzene rings is 1. The molecule has 1 saturated heterocycles. The van der Waals surface area contributed by atoms with Crippen LogP contribution in [0.5, 0.6) is 5.75 Å². The van der Waals surface area contributed by atoms with Crippen molar-refractivity contribution in [1.29, 1.82) is 0 Å². The molecule has 5 heteroatoms. The standard InChI is InChI=1S/C15H22N2O3/c1-3-12-10-15(14(16)18,8-9-20-12)17-11-4-6-13(19-2)7-5-11/h4-7,12,17H,3,8-10H2,1-2H3,(H2,16,18). The molecule has 0 spiro atoms. The second-order valence-electron chi connectivity index (χ2n) is 5.16. The first-order chi connectivity index (χ1) is 9.59. The van der Waals surface area contributed by atoms with Crippen molar-refractivity contribution in [1.82, 2.24) is 0 Å². The molecule has 1 heterocycles. The number of anilines is 1. The Hall–Kier alpha value is -1.75. The second kappa shape index (κ2) is 6.13. The van der Waals surface area contributed by atoms with Gasteiger partial charge in [0.1, 0.15) is 11.3 Å². The maximum Gasteiger partial charge on any atom is 0.243 e.